The molecule has 6 nitrogen and oxygen atoms in total. The van der Waals surface area contributed by atoms with Crippen molar-refractivity contribution in [2.45, 2.75) is 31.6 Å². The molecule has 0 aliphatic carbocycles. The molecule has 2 unspecified atom stereocenters. The van der Waals surface area contributed by atoms with Gasteiger partial charge in [0, 0.05) is 0 Å². The van der Waals surface area contributed by atoms with Crippen LogP contribution in [-0.2, 0) is 21.3 Å². The summed E-state index contributed by atoms with van der Waals surface area (Å²) in [6.07, 6.45) is -4.50. The largest absolute Gasteiger partial charge is 0.416 e. The highest BCUT2D eigenvalue weighted by molar-refractivity contribution is 6.09. The van der Waals surface area contributed by atoms with Crippen LogP contribution in [0.15, 0.2) is 54.6 Å². The predicted octanol–water partition coefficient (Wildman–Crippen LogP) is 3.35. The topological polar surface area (TPSA) is 78.5 Å². The van der Waals surface area contributed by atoms with Crippen LogP contribution in [0, 0.1) is 0 Å². The SMILES string of the molecule is CC(NC(=O)CN1C(=O)NC(C)(c2ccccc2)C1=O)c1cccc(C(F)(F)F)c1. The first-order valence-corrected chi connectivity index (χ1v) is 9.18. The van der Waals surface area contributed by atoms with Crippen molar-refractivity contribution in [2.24, 2.45) is 0 Å². The van der Waals surface area contributed by atoms with Gasteiger partial charge >= 0.3 is 12.2 Å². The van der Waals surface area contributed by atoms with Crippen LogP contribution in [0.3, 0.4) is 0 Å². The summed E-state index contributed by atoms with van der Waals surface area (Å²) in [5, 5.41) is 5.12. The van der Waals surface area contributed by atoms with Crippen molar-refractivity contribution >= 4 is 17.8 Å². The average molecular weight is 419 g/mol. The van der Waals surface area contributed by atoms with E-state index >= 15 is 0 Å². The van der Waals surface area contributed by atoms with E-state index < -0.39 is 47.7 Å². The van der Waals surface area contributed by atoms with Crippen molar-refractivity contribution in [1.29, 1.82) is 0 Å². The minimum atomic E-state index is -4.50. The summed E-state index contributed by atoms with van der Waals surface area (Å²) in [6, 6.07) is 11.8. The number of rotatable bonds is 5. The Morgan fingerprint density at radius 2 is 1.80 bits per heavy atom. The Morgan fingerprint density at radius 3 is 2.43 bits per heavy atom. The Hall–Kier alpha value is -3.36. The second kappa shape index (κ2) is 7.81. The molecule has 1 aliphatic heterocycles. The van der Waals surface area contributed by atoms with Crippen LogP contribution in [-0.4, -0.2) is 29.3 Å². The molecule has 158 valence electrons. The summed E-state index contributed by atoms with van der Waals surface area (Å²) in [4.78, 5) is 38.3. The first-order valence-electron chi connectivity index (χ1n) is 9.18. The van der Waals surface area contributed by atoms with E-state index in [1.807, 2.05) is 0 Å². The number of benzene rings is 2. The molecule has 30 heavy (non-hydrogen) atoms. The molecule has 2 N–H and O–H groups in total. The lowest BCUT2D eigenvalue weighted by Gasteiger charge is -2.22. The van der Waals surface area contributed by atoms with Gasteiger partial charge in [0.1, 0.15) is 12.1 Å². The van der Waals surface area contributed by atoms with Crippen LogP contribution < -0.4 is 10.6 Å². The Balaban J connectivity index is 1.69. The standard InChI is InChI=1S/C21H20F3N3O3/c1-13(14-7-6-10-16(11-14)21(22,23)24)25-17(28)12-27-18(29)20(2,26-19(27)30)15-8-4-3-5-9-15/h3-11,13H,12H2,1-2H3,(H,25,28)(H,26,30). The predicted molar refractivity (Wildman–Crippen MR) is 102 cm³/mol. The van der Waals surface area contributed by atoms with Gasteiger partial charge in [-0.25, -0.2) is 4.79 Å². The first kappa shape index (κ1) is 21.4. The number of hydrogen-bond acceptors (Lipinski definition) is 3. The molecule has 1 saturated heterocycles. The fraction of sp³-hybridized carbons (Fsp3) is 0.286. The van der Waals surface area contributed by atoms with Crippen LogP contribution in [0.4, 0.5) is 18.0 Å². The molecule has 2 atom stereocenters. The Bertz CT molecular complexity index is 978. The summed E-state index contributed by atoms with van der Waals surface area (Å²) < 4.78 is 38.7. The van der Waals surface area contributed by atoms with Crippen LogP contribution in [0.1, 0.15) is 36.6 Å². The second-order valence-corrected chi connectivity index (χ2v) is 7.22. The van der Waals surface area contributed by atoms with E-state index in [9.17, 15) is 27.6 Å². The number of nitrogens with zero attached hydrogens (tertiary/aromatic N) is 1. The van der Waals surface area contributed by atoms with E-state index in [0.717, 1.165) is 17.0 Å². The number of halogens is 3. The minimum Gasteiger partial charge on any atom is -0.348 e. The van der Waals surface area contributed by atoms with Crippen molar-refractivity contribution in [3.63, 3.8) is 0 Å². The molecule has 0 bridgehead atoms. The normalized spacial score (nSPS) is 20.1. The molecule has 0 spiro atoms. The molecule has 2 aromatic carbocycles. The molecular formula is C21H20F3N3O3. The van der Waals surface area contributed by atoms with E-state index in [1.165, 1.54) is 19.1 Å². The fourth-order valence-corrected chi connectivity index (χ4v) is 3.31. The van der Waals surface area contributed by atoms with Crippen LogP contribution >= 0.6 is 0 Å². The van der Waals surface area contributed by atoms with E-state index in [0.29, 0.717) is 5.56 Å². The Kier molecular flexibility index (Phi) is 5.56. The number of amides is 4. The van der Waals surface area contributed by atoms with Crippen LogP contribution in [0.2, 0.25) is 0 Å². The van der Waals surface area contributed by atoms with Gasteiger partial charge in [-0.2, -0.15) is 13.2 Å². The zero-order valence-corrected chi connectivity index (χ0v) is 16.3. The zero-order chi connectivity index (χ0) is 22.1. The van der Waals surface area contributed by atoms with Gasteiger partial charge in [0.05, 0.1) is 11.6 Å². The average Bonchev–Trinajstić information content (AvgIpc) is 2.92. The number of alkyl halides is 3. The molecule has 1 heterocycles. The highest BCUT2D eigenvalue weighted by atomic mass is 19.4. The Morgan fingerprint density at radius 1 is 1.13 bits per heavy atom. The van der Waals surface area contributed by atoms with Crippen molar-refractivity contribution < 1.29 is 27.6 Å². The van der Waals surface area contributed by atoms with Gasteiger partial charge in [-0.1, -0.05) is 42.5 Å². The lowest BCUT2D eigenvalue weighted by atomic mass is 9.92. The number of imide groups is 1. The number of nitrogens with one attached hydrogen (secondary N) is 2. The van der Waals surface area contributed by atoms with E-state index in [4.69, 9.17) is 0 Å². The summed E-state index contributed by atoms with van der Waals surface area (Å²) in [7, 11) is 0. The summed E-state index contributed by atoms with van der Waals surface area (Å²) >= 11 is 0. The highest BCUT2D eigenvalue weighted by Gasteiger charge is 2.49. The van der Waals surface area contributed by atoms with E-state index in [2.05, 4.69) is 10.6 Å². The molecule has 2 aromatic rings. The zero-order valence-electron chi connectivity index (χ0n) is 16.3. The van der Waals surface area contributed by atoms with Gasteiger partial charge in [0.25, 0.3) is 5.91 Å². The highest BCUT2D eigenvalue weighted by Crippen LogP contribution is 2.31. The smallest absolute Gasteiger partial charge is 0.348 e. The molecule has 1 fully saturated rings. The molecule has 1 aliphatic rings. The molecule has 4 amide bonds. The van der Waals surface area contributed by atoms with Crippen molar-refractivity contribution in [2.75, 3.05) is 6.54 Å². The quantitative estimate of drug-likeness (QED) is 0.730. The number of hydrogen-bond donors (Lipinski definition) is 2. The monoisotopic (exact) mass is 419 g/mol. The molecule has 3 rings (SSSR count). The molecule has 9 heteroatoms. The fourth-order valence-electron chi connectivity index (χ4n) is 3.31. The van der Waals surface area contributed by atoms with Gasteiger partial charge in [0.15, 0.2) is 0 Å². The van der Waals surface area contributed by atoms with Crippen LogP contribution in [0.5, 0.6) is 0 Å². The molecule has 0 saturated carbocycles. The van der Waals surface area contributed by atoms with Crippen molar-refractivity contribution in [3.8, 4) is 0 Å². The van der Waals surface area contributed by atoms with Gasteiger partial charge in [-0.05, 0) is 37.1 Å². The third kappa shape index (κ3) is 4.14. The summed E-state index contributed by atoms with van der Waals surface area (Å²) in [5.41, 5.74) is -1.30. The maximum Gasteiger partial charge on any atom is 0.416 e. The second-order valence-electron chi connectivity index (χ2n) is 7.22. The van der Waals surface area contributed by atoms with Crippen molar-refractivity contribution in [3.05, 3.63) is 71.3 Å². The molecule has 0 aromatic heterocycles. The summed E-state index contributed by atoms with van der Waals surface area (Å²) in [6.45, 7) is 2.52. The van der Waals surface area contributed by atoms with Crippen LogP contribution in [0.25, 0.3) is 0 Å². The number of urea groups is 1. The number of carbonyl (C=O) groups excluding carboxylic acids is 3. The molecule has 0 radical (unpaired) electrons. The first-order chi connectivity index (χ1) is 14.0. The molecular weight excluding hydrogens is 399 g/mol. The van der Waals surface area contributed by atoms with Gasteiger partial charge in [-0.3, -0.25) is 14.5 Å². The third-order valence-corrected chi connectivity index (χ3v) is 5.02. The third-order valence-electron chi connectivity index (χ3n) is 5.02. The Labute approximate surface area is 171 Å². The maximum absolute atomic E-state index is 12.9. The minimum absolute atomic E-state index is 0.254. The number of carbonyl (C=O) groups is 3. The maximum atomic E-state index is 12.9. The van der Waals surface area contributed by atoms with Gasteiger partial charge < -0.3 is 10.6 Å². The van der Waals surface area contributed by atoms with Crippen molar-refractivity contribution in [1.82, 2.24) is 15.5 Å². The summed E-state index contributed by atoms with van der Waals surface area (Å²) in [5.74, 6) is -1.25. The van der Waals surface area contributed by atoms with E-state index in [1.54, 1.807) is 37.3 Å². The van der Waals surface area contributed by atoms with Gasteiger partial charge in [0.2, 0.25) is 5.91 Å². The van der Waals surface area contributed by atoms with Gasteiger partial charge in [-0.15, -0.1) is 0 Å². The lowest BCUT2D eigenvalue weighted by molar-refractivity contribution is -0.137. The lowest BCUT2D eigenvalue weighted by Crippen LogP contribution is -2.43. The van der Waals surface area contributed by atoms with E-state index in [-0.39, 0.29) is 5.56 Å².